The van der Waals surface area contributed by atoms with E-state index in [4.69, 9.17) is 11.6 Å². The van der Waals surface area contributed by atoms with Crippen molar-refractivity contribution in [2.24, 2.45) is 17.8 Å². The highest BCUT2D eigenvalue weighted by Gasteiger charge is 2.39. The Morgan fingerprint density at radius 2 is 2.28 bits per heavy atom. The Hall–Kier alpha value is -0.890. The van der Waals surface area contributed by atoms with Gasteiger partial charge >= 0.3 is 0 Å². The minimum atomic E-state index is 0.334. The molecule has 2 aliphatic rings. The molecule has 96 valence electrons. The molecule has 1 heterocycles. The second kappa shape index (κ2) is 5.00. The average Bonchev–Trinajstić information content (AvgIpc) is 2.94. The lowest BCUT2D eigenvalue weighted by atomic mass is 9.84. The number of carbonyl (C=O) groups is 1. The Morgan fingerprint density at radius 3 is 2.94 bits per heavy atom. The molecule has 18 heavy (non-hydrogen) atoms. The fourth-order valence-corrected chi connectivity index (χ4v) is 3.94. The van der Waals surface area contributed by atoms with Crippen molar-refractivity contribution in [3.63, 3.8) is 0 Å². The van der Waals surface area contributed by atoms with Crippen LogP contribution in [0.5, 0.6) is 0 Å². The molecule has 0 aliphatic heterocycles. The fraction of sp³-hybridized carbons (Fsp3) is 0.600. The van der Waals surface area contributed by atoms with Gasteiger partial charge in [0.05, 0.1) is 5.02 Å². The van der Waals surface area contributed by atoms with Gasteiger partial charge in [-0.1, -0.05) is 18.0 Å². The van der Waals surface area contributed by atoms with Gasteiger partial charge in [0.2, 0.25) is 0 Å². The van der Waals surface area contributed by atoms with Crippen molar-refractivity contribution >= 4 is 17.4 Å². The Balaban J connectivity index is 1.58. The highest BCUT2D eigenvalue weighted by Crippen LogP contribution is 2.49. The number of fused-ring (bicyclic) bond motifs is 2. The van der Waals surface area contributed by atoms with Crippen molar-refractivity contribution in [2.45, 2.75) is 38.5 Å². The topological polar surface area (TPSA) is 30.0 Å². The average molecular weight is 264 g/mol. The summed E-state index contributed by atoms with van der Waals surface area (Å²) in [5, 5.41) is 0.610. The smallest absolute Gasteiger partial charge is 0.137 e. The quantitative estimate of drug-likeness (QED) is 0.830. The van der Waals surface area contributed by atoms with E-state index in [2.05, 4.69) is 4.98 Å². The summed E-state index contributed by atoms with van der Waals surface area (Å²) in [5.74, 6) is 2.72. The van der Waals surface area contributed by atoms with Crippen LogP contribution >= 0.6 is 11.6 Å². The van der Waals surface area contributed by atoms with Crippen molar-refractivity contribution in [1.82, 2.24) is 4.98 Å². The number of halogens is 1. The zero-order chi connectivity index (χ0) is 12.5. The van der Waals surface area contributed by atoms with Gasteiger partial charge in [0.1, 0.15) is 5.78 Å². The van der Waals surface area contributed by atoms with Gasteiger partial charge in [-0.25, -0.2) is 0 Å². The van der Waals surface area contributed by atoms with Crippen LogP contribution in [0.1, 0.15) is 37.7 Å². The molecule has 0 radical (unpaired) electrons. The number of aromatic nitrogens is 1. The van der Waals surface area contributed by atoms with Crippen LogP contribution in [0.15, 0.2) is 18.5 Å². The lowest BCUT2D eigenvalue weighted by Gasteiger charge is -2.20. The van der Waals surface area contributed by atoms with E-state index in [1.54, 1.807) is 12.4 Å². The third kappa shape index (κ3) is 2.44. The number of nitrogens with zero attached hydrogens (tertiary/aromatic N) is 1. The lowest BCUT2D eigenvalue weighted by molar-refractivity contribution is -0.119. The van der Waals surface area contributed by atoms with Gasteiger partial charge in [-0.05, 0) is 48.6 Å². The summed E-state index contributed by atoms with van der Waals surface area (Å²) in [5.41, 5.74) is 0.917. The van der Waals surface area contributed by atoms with E-state index in [0.29, 0.717) is 23.1 Å². The maximum absolute atomic E-state index is 12.1. The largest absolute Gasteiger partial charge is 0.299 e. The molecule has 2 aliphatic carbocycles. The third-order valence-electron chi connectivity index (χ3n) is 4.62. The first-order valence-electron chi connectivity index (χ1n) is 6.82. The number of hydrogen-bond donors (Lipinski definition) is 0. The standard InChI is InChI=1S/C15H18ClNO/c16-15-9-17-4-3-12(15)7-14(18)8-13-6-10-1-2-11(13)5-10/h3-4,9-11,13H,1-2,5-8H2. The molecular formula is C15H18ClNO. The monoisotopic (exact) mass is 263 g/mol. The first-order chi connectivity index (χ1) is 8.72. The van der Waals surface area contributed by atoms with E-state index in [0.717, 1.165) is 23.8 Å². The third-order valence-corrected chi connectivity index (χ3v) is 4.96. The van der Waals surface area contributed by atoms with Crippen molar-refractivity contribution < 1.29 is 4.79 Å². The molecule has 2 saturated carbocycles. The van der Waals surface area contributed by atoms with Gasteiger partial charge in [0, 0.05) is 25.2 Å². The van der Waals surface area contributed by atoms with E-state index in [9.17, 15) is 4.79 Å². The van der Waals surface area contributed by atoms with Gasteiger partial charge in [-0.2, -0.15) is 0 Å². The van der Waals surface area contributed by atoms with Crippen LogP contribution in [0.2, 0.25) is 5.02 Å². The molecule has 2 fully saturated rings. The van der Waals surface area contributed by atoms with Crippen LogP contribution in [-0.2, 0) is 11.2 Å². The molecule has 0 N–H and O–H groups in total. The zero-order valence-corrected chi connectivity index (χ0v) is 11.2. The molecule has 3 unspecified atom stereocenters. The first kappa shape index (κ1) is 12.2. The molecule has 1 aromatic heterocycles. The molecule has 3 heteroatoms. The molecule has 3 atom stereocenters. The van der Waals surface area contributed by atoms with Crippen LogP contribution in [0.25, 0.3) is 0 Å². The highest BCUT2D eigenvalue weighted by atomic mass is 35.5. The summed E-state index contributed by atoms with van der Waals surface area (Å²) in [6.07, 6.45) is 9.92. The number of pyridine rings is 1. The number of rotatable bonds is 4. The van der Waals surface area contributed by atoms with Gasteiger partial charge in [0.25, 0.3) is 0 Å². The van der Waals surface area contributed by atoms with Gasteiger partial charge in [-0.3, -0.25) is 9.78 Å². The van der Waals surface area contributed by atoms with Crippen molar-refractivity contribution in [1.29, 1.82) is 0 Å². The van der Waals surface area contributed by atoms with Crippen molar-refractivity contribution in [3.8, 4) is 0 Å². The van der Waals surface area contributed by atoms with Crippen LogP contribution in [-0.4, -0.2) is 10.8 Å². The van der Waals surface area contributed by atoms with Crippen LogP contribution in [0, 0.1) is 17.8 Å². The number of hydrogen-bond acceptors (Lipinski definition) is 2. The maximum atomic E-state index is 12.1. The summed E-state index contributed by atoms with van der Waals surface area (Å²) >= 11 is 6.03. The summed E-state index contributed by atoms with van der Waals surface area (Å²) in [6.45, 7) is 0. The molecule has 2 bridgehead atoms. The Kier molecular flexibility index (Phi) is 3.38. The van der Waals surface area contributed by atoms with Crippen molar-refractivity contribution in [2.75, 3.05) is 0 Å². The Morgan fingerprint density at radius 1 is 1.39 bits per heavy atom. The minimum Gasteiger partial charge on any atom is -0.299 e. The molecule has 0 spiro atoms. The van der Waals surface area contributed by atoms with E-state index >= 15 is 0 Å². The molecule has 0 saturated heterocycles. The highest BCUT2D eigenvalue weighted by molar-refractivity contribution is 6.31. The van der Waals surface area contributed by atoms with E-state index in [1.807, 2.05) is 6.07 Å². The molecule has 0 amide bonds. The van der Waals surface area contributed by atoms with Crippen LogP contribution in [0.4, 0.5) is 0 Å². The second-order valence-corrected chi connectivity index (χ2v) is 6.23. The van der Waals surface area contributed by atoms with E-state index in [1.165, 1.54) is 25.7 Å². The molecule has 3 rings (SSSR count). The van der Waals surface area contributed by atoms with E-state index < -0.39 is 0 Å². The summed E-state index contributed by atoms with van der Waals surface area (Å²) in [7, 11) is 0. The second-order valence-electron chi connectivity index (χ2n) is 5.82. The SMILES string of the molecule is O=C(Cc1ccncc1Cl)CC1CC2CCC1C2. The van der Waals surface area contributed by atoms with E-state index in [-0.39, 0.29) is 0 Å². The number of Topliss-reactive ketones (excluding diaryl/α,β-unsaturated/α-hetero) is 1. The van der Waals surface area contributed by atoms with Gasteiger partial charge in [-0.15, -0.1) is 0 Å². The van der Waals surface area contributed by atoms with Crippen LogP contribution < -0.4 is 0 Å². The zero-order valence-electron chi connectivity index (χ0n) is 10.4. The summed E-state index contributed by atoms with van der Waals surface area (Å²) in [6, 6.07) is 1.85. The first-order valence-corrected chi connectivity index (χ1v) is 7.20. The predicted molar refractivity (Wildman–Crippen MR) is 71.5 cm³/mol. The lowest BCUT2D eigenvalue weighted by Crippen LogP contribution is -2.16. The minimum absolute atomic E-state index is 0.334. The Labute approximate surface area is 113 Å². The van der Waals surface area contributed by atoms with Gasteiger partial charge < -0.3 is 0 Å². The maximum Gasteiger partial charge on any atom is 0.137 e. The van der Waals surface area contributed by atoms with Crippen LogP contribution in [0.3, 0.4) is 0 Å². The molecule has 0 aromatic carbocycles. The number of carbonyl (C=O) groups excluding carboxylic acids is 1. The summed E-state index contributed by atoms with van der Waals surface area (Å²) in [4.78, 5) is 16.1. The fourth-order valence-electron chi connectivity index (χ4n) is 3.75. The molecular weight excluding hydrogens is 246 g/mol. The van der Waals surface area contributed by atoms with Gasteiger partial charge in [0.15, 0.2) is 0 Å². The summed E-state index contributed by atoms with van der Waals surface area (Å²) < 4.78 is 0. The van der Waals surface area contributed by atoms with Crippen molar-refractivity contribution in [3.05, 3.63) is 29.0 Å². The number of ketones is 1. The predicted octanol–water partition coefficient (Wildman–Crippen LogP) is 3.67. The Bertz CT molecular complexity index is 460. The molecule has 2 nitrogen and oxygen atoms in total. The molecule has 1 aromatic rings. The normalized spacial score (nSPS) is 29.7.